The SMILES string of the molecule is CCOc1ccc(NS(=O)(=O)c2cccc(C(=O)Nc3cccc(C)c3C)c2)cc1. The normalized spacial score (nSPS) is 11.0. The average molecular weight is 425 g/mol. The Hall–Kier alpha value is -3.32. The lowest BCUT2D eigenvalue weighted by Crippen LogP contribution is -2.16. The zero-order valence-corrected chi connectivity index (χ0v) is 17.9. The second-order valence-electron chi connectivity index (χ2n) is 6.79. The molecule has 0 spiro atoms. The van der Waals surface area contributed by atoms with Gasteiger partial charge in [0.15, 0.2) is 0 Å². The molecule has 156 valence electrons. The van der Waals surface area contributed by atoms with Crippen molar-refractivity contribution in [1.29, 1.82) is 0 Å². The first-order chi connectivity index (χ1) is 14.3. The van der Waals surface area contributed by atoms with Crippen molar-refractivity contribution in [3.8, 4) is 5.75 Å². The van der Waals surface area contributed by atoms with E-state index < -0.39 is 10.0 Å². The third-order valence-corrected chi connectivity index (χ3v) is 6.06. The first-order valence-corrected chi connectivity index (χ1v) is 11.0. The van der Waals surface area contributed by atoms with Crippen LogP contribution in [0.3, 0.4) is 0 Å². The molecule has 1 amide bonds. The summed E-state index contributed by atoms with van der Waals surface area (Å²) in [4.78, 5) is 12.7. The molecule has 30 heavy (non-hydrogen) atoms. The molecule has 7 heteroatoms. The smallest absolute Gasteiger partial charge is 0.261 e. The predicted octanol–water partition coefficient (Wildman–Crippen LogP) is 4.76. The molecular formula is C23H24N2O4S. The van der Waals surface area contributed by atoms with Gasteiger partial charge in [0, 0.05) is 16.9 Å². The molecule has 6 nitrogen and oxygen atoms in total. The lowest BCUT2D eigenvalue weighted by Gasteiger charge is -2.12. The van der Waals surface area contributed by atoms with Gasteiger partial charge in [-0.1, -0.05) is 18.2 Å². The molecule has 0 fully saturated rings. The zero-order chi connectivity index (χ0) is 21.7. The topological polar surface area (TPSA) is 84.5 Å². The lowest BCUT2D eigenvalue weighted by molar-refractivity contribution is 0.102. The van der Waals surface area contributed by atoms with Gasteiger partial charge in [0.2, 0.25) is 0 Å². The van der Waals surface area contributed by atoms with Gasteiger partial charge in [0.05, 0.1) is 11.5 Å². The Morgan fingerprint density at radius 1 is 0.967 bits per heavy atom. The number of nitrogens with one attached hydrogen (secondary N) is 2. The quantitative estimate of drug-likeness (QED) is 0.573. The van der Waals surface area contributed by atoms with Crippen LogP contribution in [-0.4, -0.2) is 20.9 Å². The molecular weight excluding hydrogens is 400 g/mol. The molecule has 2 N–H and O–H groups in total. The predicted molar refractivity (Wildman–Crippen MR) is 119 cm³/mol. The number of sulfonamides is 1. The Balaban J connectivity index is 1.79. The van der Waals surface area contributed by atoms with Crippen molar-refractivity contribution in [1.82, 2.24) is 0 Å². The molecule has 0 saturated heterocycles. The Kier molecular flexibility index (Phi) is 6.42. The van der Waals surface area contributed by atoms with Gasteiger partial charge in [-0.05, 0) is 80.4 Å². The standard InChI is InChI=1S/C23H24N2O4S/c1-4-29-20-13-11-19(12-14-20)25-30(27,28)21-9-6-8-18(15-21)23(26)24-22-10-5-7-16(2)17(22)3/h5-15,25H,4H2,1-3H3,(H,24,26). The monoisotopic (exact) mass is 424 g/mol. The number of carbonyl (C=O) groups excluding carboxylic acids is 1. The van der Waals surface area contributed by atoms with Gasteiger partial charge < -0.3 is 10.1 Å². The first kappa shape index (κ1) is 21.4. The van der Waals surface area contributed by atoms with E-state index in [0.717, 1.165) is 11.1 Å². The Bertz CT molecular complexity index is 1160. The van der Waals surface area contributed by atoms with E-state index in [2.05, 4.69) is 10.0 Å². The van der Waals surface area contributed by atoms with E-state index in [1.807, 2.05) is 39.0 Å². The van der Waals surface area contributed by atoms with E-state index in [1.165, 1.54) is 12.1 Å². The summed E-state index contributed by atoms with van der Waals surface area (Å²) < 4.78 is 33.4. The summed E-state index contributed by atoms with van der Waals surface area (Å²) in [7, 11) is -3.85. The molecule has 0 aliphatic carbocycles. The van der Waals surface area contributed by atoms with Gasteiger partial charge in [-0.25, -0.2) is 8.42 Å². The van der Waals surface area contributed by atoms with E-state index in [9.17, 15) is 13.2 Å². The van der Waals surface area contributed by atoms with Crippen molar-refractivity contribution >= 4 is 27.3 Å². The Morgan fingerprint density at radius 2 is 1.67 bits per heavy atom. The molecule has 3 rings (SSSR count). The summed E-state index contributed by atoms with van der Waals surface area (Å²) in [5.74, 6) is 0.285. The Morgan fingerprint density at radius 3 is 2.37 bits per heavy atom. The third kappa shape index (κ3) is 4.99. The van der Waals surface area contributed by atoms with Crippen LogP contribution in [0.2, 0.25) is 0 Å². The highest BCUT2D eigenvalue weighted by Crippen LogP contribution is 2.22. The van der Waals surface area contributed by atoms with Crippen molar-refractivity contribution in [2.75, 3.05) is 16.6 Å². The maximum Gasteiger partial charge on any atom is 0.261 e. The van der Waals surface area contributed by atoms with Crippen LogP contribution in [0, 0.1) is 13.8 Å². The minimum absolute atomic E-state index is 0.00463. The molecule has 3 aromatic rings. The summed E-state index contributed by atoms with van der Waals surface area (Å²) in [6.45, 7) is 6.29. The van der Waals surface area contributed by atoms with Crippen molar-refractivity contribution in [2.24, 2.45) is 0 Å². The summed E-state index contributed by atoms with van der Waals surface area (Å²) >= 11 is 0. The molecule has 0 saturated carbocycles. The van der Waals surface area contributed by atoms with Crippen LogP contribution < -0.4 is 14.8 Å². The molecule has 0 unspecified atom stereocenters. The van der Waals surface area contributed by atoms with Crippen molar-refractivity contribution in [3.63, 3.8) is 0 Å². The number of ether oxygens (including phenoxy) is 1. The number of aryl methyl sites for hydroxylation is 1. The fraction of sp³-hybridized carbons (Fsp3) is 0.174. The molecule has 0 bridgehead atoms. The van der Waals surface area contributed by atoms with Gasteiger partial charge in [0.1, 0.15) is 5.75 Å². The highest BCUT2D eigenvalue weighted by atomic mass is 32.2. The van der Waals surface area contributed by atoms with E-state index in [0.29, 0.717) is 23.7 Å². The molecule has 3 aromatic carbocycles. The van der Waals surface area contributed by atoms with Crippen molar-refractivity contribution in [3.05, 3.63) is 83.4 Å². The van der Waals surface area contributed by atoms with Crippen molar-refractivity contribution in [2.45, 2.75) is 25.7 Å². The van der Waals surface area contributed by atoms with Gasteiger partial charge in [0.25, 0.3) is 15.9 Å². The summed E-state index contributed by atoms with van der Waals surface area (Å²) in [6.07, 6.45) is 0. The van der Waals surface area contributed by atoms with E-state index in [1.54, 1.807) is 36.4 Å². The number of amides is 1. The number of anilines is 2. The van der Waals surface area contributed by atoms with Crippen LogP contribution in [0.4, 0.5) is 11.4 Å². The minimum Gasteiger partial charge on any atom is -0.494 e. The number of carbonyl (C=O) groups is 1. The minimum atomic E-state index is -3.85. The molecule has 0 radical (unpaired) electrons. The molecule has 0 atom stereocenters. The van der Waals surface area contributed by atoms with Gasteiger partial charge >= 0.3 is 0 Å². The fourth-order valence-corrected chi connectivity index (χ4v) is 3.99. The Labute approximate surface area is 177 Å². The van der Waals surface area contributed by atoms with Gasteiger partial charge in [-0.2, -0.15) is 0 Å². The third-order valence-electron chi connectivity index (χ3n) is 4.68. The van der Waals surface area contributed by atoms with E-state index in [-0.39, 0.29) is 16.4 Å². The summed E-state index contributed by atoms with van der Waals surface area (Å²) in [6, 6.07) is 18.2. The molecule has 0 aliphatic heterocycles. The molecule has 0 aromatic heterocycles. The summed E-state index contributed by atoms with van der Waals surface area (Å²) in [5.41, 5.74) is 3.38. The van der Waals surface area contributed by atoms with Crippen molar-refractivity contribution < 1.29 is 17.9 Å². The first-order valence-electron chi connectivity index (χ1n) is 9.53. The molecule has 0 heterocycles. The average Bonchev–Trinajstić information content (AvgIpc) is 2.73. The van der Waals surface area contributed by atoms with Crippen LogP contribution in [0.5, 0.6) is 5.75 Å². The van der Waals surface area contributed by atoms with Crippen LogP contribution in [0.15, 0.2) is 71.6 Å². The largest absolute Gasteiger partial charge is 0.494 e. The fourth-order valence-electron chi connectivity index (χ4n) is 2.89. The highest BCUT2D eigenvalue weighted by molar-refractivity contribution is 7.92. The van der Waals surface area contributed by atoms with Gasteiger partial charge in [-0.3, -0.25) is 9.52 Å². The van der Waals surface area contributed by atoms with Crippen LogP contribution in [0.25, 0.3) is 0 Å². The number of rotatable bonds is 7. The zero-order valence-electron chi connectivity index (χ0n) is 17.1. The van der Waals surface area contributed by atoms with Crippen LogP contribution in [-0.2, 0) is 10.0 Å². The van der Waals surface area contributed by atoms with Gasteiger partial charge in [-0.15, -0.1) is 0 Å². The molecule has 0 aliphatic rings. The lowest BCUT2D eigenvalue weighted by atomic mass is 10.1. The number of benzene rings is 3. The number of hydrogen-bond acceptors (Lipinski definition) is 4. The van der Waals surface area contributed by atoms with E-state index in [4.69, 9.17) is 4.74 Å². The second kappa shape index (κ2) is 9.00. The maximum atomic E-state index is 12.8. The van der Waals surface area contributed by atoms with E-state index >= 15 is 0 Å². The van der Waals surface area contributed by atoms with Crippen LogP contribution in [0.1, 0.15) is 28.4 Å². The second-order valence-corrected chi connectivity index (χ2v) is 8.47. The summed E-state index contributed by atoms with van der Waals surface area (Å²) in [5, 5.41) is 2.85. The maximum absolute atomic E-state index is 12.8. The number of hydrogen-bond donors (Lipinski definition) is 2. The van der Waals surface area contributed by atoms with Crippen LogP contribution >= 0.6 is 0 Å². The highest BCUT2D eigenvalue weighted by Gasteiger charge is 2.17.